The number of nitrogens with zero attached hydrogens (tertiary/aromatic N) is 1. The van der Waals surface area contributed by atoms with Crippen LogP contribution in [0.2, 0.25) is 0 Å². The normalized spacial score (nSPS) is 19.7. The second-order valence-corrected chi connectivity index (χ2v) is 8.51. The summed E-state index contributed by atoms with van der Waals surface area (Å²) < 4.78 is 0. The third-order valence-electron chi connectivity index (χ3n) is 6.59. The summed E-state index contributed by atoms with van der Waals surface area (Å²) in [6, 6.07) is 4.52. The number of hydrogen-bond acceptors (Lipinski definition) is 4. The molecule has 27 heavy (non-hydrogen) atoms. The van der Waals surface area contributed by atoms with Gasteiger partial charge in [-0.15, -0.1) is 0 Å². The van der Waals surface area contributed by atoms with Gasteiger partial charge in [-0.25, -0.2) is 0 Å². The lowest BCUT2D eigenvalue weighted by Crippen LogP contribution is -2.29. The number of hydrogen-bond donors (Lipinski definition) is 3. The molecule has 4 nitrogen and oxygen atoms in total. The number of aromatic hydroxyl groups is 1. The molecule has 1 aromatic carbocycles. The first-order valence-corrected chi connectivity index (χ1v) is 11.0. The van der Waals surface area contributed by atoms with Crippen molar-refractivity contribution >= 4 is 0 Å². The molecule has 0 atom stereocenters. The van der Waals surface area contributed by atoms with E-state index in [4.69, 9.17) is 0 Å². The van der Waals surface area contributed by atoms with Crippen LogP contribution in [0, 0.1) is 0 Å². The zero-order valence-electron chi connectivity index (χ0n) is 16.7. The van der Waals surface area contributed by atoms with Crippen LogP contribution in [-0.4, -0.2) is 46.5 Å². The zero-order valence-corrected chi connectivity index (χ0v) is 16.7. The summed E-state index contributed by atoms with van der Waals surface area (Å²) in [5.74, 6) is 1.55. The topological polar surface area (TPSA) is 63.9 Å². The van der Waals surface area contributed by atoms with Crippen LogP contribution in [0.15, 0.2) is 12.1 Å². The Hall–Kier alpha value is -1.10. The third-order valence-corrected chi connectivity index (χ3v) is 6.59. The van der Waals surface area contributed by atoms with Gasteiger partial charge in [-0.05, 0) is 48.6 Å². The van der Waals surface area contributed by atoms with Gasteiger partial charge in [0.05, 0.1) is 13.2 Å². The maximum atomic E-state index is 11.1. The average Bonchev–Trinajstić information content (AvgIpc) is 2.71. The number of benzene rings is 1. The Kier molecular flexibility index (Phi) is 7.98. The van der Waals surface area contributed by atoms with E-state index < -0.39 is 0 Å². The van der Waals surface area contributed by atoms with Crippen molar-refractivity contribution in [2.24, 2.45) is 0 Å². The van der Waals surface area contributed by atoms with Gasteiger partial charge >= 0.3 is 0 Å². The van der Waals surface area contributed by atoms with Crippen molar-refractivity contribution in [2.45, 2.75) is 82.6 Å². The molecule has 2 saturated carbocycles. The lowest BCUT2D eigenvalue weighted by molar-refractivity contribution is 0.155. The van der Waals surface area contributed by atoms with Gasteiger partial charge < -0.3 is 15.3 Å². The monoisotopic (exact) mass is 375 g/mol. The summed E-state index contributed by atoms with van der Waals surface area (Å²) in [6.45, 7) is 1.77. The van der Waals surface area contributed by atoms with Crippen LogP contribution in [-0.2, 0) is 6.54 Å². The van der Waals surface area contributed by atoms with E-state index in [9.17, 15) is 15.3 Å². The Bertz CT molecular complexity index is 571. The summed E-state index contributed by atoms with van der Waals surface area (Å²) in [5, 5.41) is 29.8. The molecule has 2 aliphatic rings. The van der Waals surface area contributed by atoms with Crippen LogP contribution < -0.4 is 0 Å². The highest BCUT2D eigenvalue weighted by molar-refractivity contribution is 5.47. The summed E-state index contributed by atoms with van der Waals surface area (Å²) in [5.41, 5.74) is 3.53. The summed E-state index contributed by atoms with van der Waals surface area (Å²) in [4.78, 5) is 2.03. The van der Waals surface area contributed by atoms with Crippen LogP contribution in [0.25, 0.3) is 0 Å². The van der Waals surface area contributed by atoms with Gasteiger partial charge in [-0.2, -0.15) is 0 Å². The van der Waals surface area contributed by atoms with E-state index in [1.54, 1.807) is 0 Å². The van der Waals surface area contributed by atoms with Gasteiger partial charge in [0.1, 0.15) is 5.75 Å². The first-order valence-electron chi connectivity index (χ1n) is 11.0. The minimum atomic E-state index is 0.0680. The number of phenolic OH excluding ortho intramolecular Hbond substituents is 1. The van der Waals surface area contributed by atoms with E-state index in [0.29, 0.717) is 37.2 Å². The van der Waals surface area contributed by atoms with E-state index in [-0.39, 0.29) is 13.2 Å². The minimum absolute atomic E-state index is 0.0680. The molecule has 0 radical (unpaired) electrons. The smallest absolute Gasteiger partial charge is 0.123 e. The second-order valence-electron chi connectivity index (χ2n) is 8.51. The van der Waals surface area contributed by atoms with Gasteiger partial charge in [0, 0.05) is 25.2 Å². The second kappa shape index (κ2) is 10.4. The number of aliphatic hydroxyl groups is 2. The van der Waals surface area contributed by atoms with Crippen molar-refractivity contribution in [3.8, 4) is 5.75 Å². The first-order chi connectivity index (χ1) is 13.2. The molecule has 0 spiro atoms. The molecule has 2 fully saturated rings. The van der Waals surface area contributed by atoms with Crippen molar-refractivity contribution in [3.05, 3.63) is 28.8 Å². The standard InChI is InChI=1S/C23H37NO3/c25-13-11-24(12-14-26)17-21-15-20(18-7-3-1-4-8-18)16-22(23(21)27)19-9-5-2-6-10-19/h15-16,18-19,25-27H,1-14,17H2. The third kappa shape index (κ3) is 5.46. The quantitative estimate of drug-likeness (QED) is 0.635. The molecular formula is C23H37NO3. The highest BCUT2D eigenvalue weighted by Crippen LogP contribution is 2.42. The van der Waals surface area contributed by atoms with Crippen molar-refractivity contribution in [3.63, 3.8) is 0 Å². The molecule has 0 bridgehead atoms. The van der Waals surface area contributed by atoms with Gasteiger partial charge in [-0.1, -0.05) is 50.7 Å². The van der Waals surface area contributed by atoms with E-state index in [1.807, 2.05) is 4.90 Å². The predicted octanol–water partition coefficient (Wildman–Crippen LogP) is 4.27. The zero-order chi connectivity index (χ0) is 19.1. The summed E-state index contributed by atoms with van der Waals surface area (Å²) in [7, 11) is 0. The molecule has 2 aliphatic carbocycles. The highest BCUT2D eigenvalue weighted by Gasteiger charge is 2.24. The molecule has 3 N–H and O–H groups in total. The van der Waals surface area contributed by atoms with Gasteiger partial charge in [-0.3, -0.25) is 4.90 Å². The Labute approximate surface area is 164 Å². The fourth-order valence-corrected chi connectivity index (χ4v) is 5.06. The lowest BCUT2D eigenvalue weighted by atomic mass is 9.78. The fourth-order valence-electron chi connectivity index (χ4n) is 5.06. The van der Waals surface area contributed by atoms with E-state index in [0.717, 1.165) is 11.1 Å². The fraction of sp³-hybridized carbons (Fsp3) is 0.739. The van der Waals surface area contributed by atoms with E-state index in [1.165, 1.54) is 69.8 Å². The van der Waals surface area contributed by atoms with Crippen molar-refractivity contribution in [1.82, 2.24) is 4.90 Å². The van der Waals surface area contributed by atoms with Crippen LogP contribution >= 0.6 is 0 Å². The molecule has 0 aromatic heterocycles. The van der Waals surface area contributed by atoms with Crippen molar-refractivity contribution < 1.29 is 15.3 Å². The van der Waals surface area contributed by atoms with Crippen LogP contribution in [0.1, 0.15) is 92.7 Å². The molecule has 4 heteroatoms. The molecule has 0 saturated heterocycles. The number of aliphatic hydroxyl groups excluding tert-OH is 2. The van der Waals surface area contributed by atoms with Crippen LogP contribution in [0.5, 0.6) is 5.75 Å². The highest BCUT2D eigenvalue weighted by atomic mass is 16.3. The predicted molar refractivity (Wildman–Crippen MR) is 109 cm³/mol. The average molecular weight is 376 g/mol. The van der Waals surface area contributed by atoms with Gasteiger partial charge in [0.15, 0.2) is 0 Å². The maximum Gasteiger partial charge on any atom is 0.123 e. The molecule has 0 unspecified atom stereocenters. The maximum absolute atomic E-state index is 11.1. The van der Waals surface area contributed by atoms with Crippen molar-refractivity contribution in [2.75, 3.05) is 26.3 Å². The number of rotatable bonds is 8. The van der Waals surface area contributed by atoms with E-state index in [2.05, 4.69) is 12.1 Å². The van der Waals surface area contributed by atoms with Crippen LogP contribution in [0.3, 0.4) is 0 Å². The summed E-state index contributed by atoms with van der Waals surface area (Å²) in [6.07, 6.45) is 12.7. The molecular weight excluding hydrogens is 338 g/mol. The summed E-state index contributed by atoms with van der Waals surface area (Å²) >= 11 is 0. The Morgan fingerprint density at radius 2 is 1.33 bits per heavy atom. The first kappa shape index (κ1) is 20.6. The van der Waals surface area contributed by atoms with Crippen molar-refractivity contribution in [1.29, 1.82) is 0 Å². The molecule has 1 aromatic rings. The minimum Gasteiger partial charge on any atom is -0.507 e. The Balaban J connectivity index is 1.91. The molecule has 0 amide bonds. The molecule has 3 rings (SSSR count). The lowest BCUT2D eigenvalue weighted by Gasteiger charge is -2.29. The Morgan fingerprint density at radius 1 is 0.778 bits per heavy atom. The SMILES string of the molecule is OCCN(CCO)Cc1cc(C2CCCCC2)cc(C2CCCCC2)c1O. The largest absolute Gasteiger partial charge is 0.507 e. The number of phenols is 1. The Morgan fingerprint density at radius 3 is 1.89 bits per heavy atom. The molecule has 0 heterocycles. The van der Waals surface area contributed by atoms with Gasteiger partial charge in [0.2, 0.25) is 0 Å². The van der Waals surface area contributed by atoms with Gasteiger partial charge in [0.25, 0.3) is 0 Å². The molecule has 152 valence electrons. The molecule has 0 aliphatic heterocycles. The van der Waals surface area contributed by atoms with Crippen LogP contribution in [0.4, 0.5) is 0 Å². The van der Waals surface area contributed by atoms with E-state index >= 15 is 0 Å².